The summed E-state index contributed by atoms with van der Waals surface area (Å²) < 4.78 is 0. The van der Waals surface area contributed by atoms with E-state index in [0.717, 1.165) is 0 Å². The molecule has 30 heavy (non-hydrogen) atoms. The van der Waals surface area contributed by atoms with E-state index in [0.29, 0.717) is 49.3 Å². The first-order valence-electron chi connectivity index (χ1n) is 10.1. The molecule has 6 heteroatoms. The molecule has 1 amide bonds. The molecule has 1 aliphatic rings. The third-order valence-electron chi connectivity index (χ3n) is 5.77. The topological polar surface area (TPSA) is 82.8 Å². The van der Waals surface area contributed by atoms with Crippen LogP contribution < -0.4 is 0 Å². The van der Waals surface area contributed by atoms with Crippen LogP contribution in [0.3, 0.4) is 0 Å². The zero-order valence-electron chi connectivity index (χ0n) is 17.0. The van der Waals surface area contributed by atoms with E-state index in [1.165, 1.54) is 17.5 Å². The van der Waals surface area contributed by atoms with Gasteiger partial charge in [0, 0.05) is 25.5 Å². The van der Waals surface area contributed by atoms with Crippen molar-refractivity contribution in [1.82, 2.24) is 19.9 Å². The van der Waals surface area contributed by atoms with E-state index in [4.69, 9.17) is 0 Å². The summed E-state index contributed by atoms with van der Waals surface area (Å²) in [6.07, 6.45) is 6.78. The number of amides is 1. The number of carbonyl (C=O) groups is 1. The summed E-state index contributed by atoms with van der Waals surface area (Å²) in [5.74, 6) is -0.0708. The molecule has 0 atom stereocenters. The standard InChI is InChI=1S/C24H23N5O/c1-18-4-6-19(7-5-18)15-24(16-25)9-13-29(14-10-24)23(30)20-3-2-11-27-22(20)21-8-12-26-17-28-21/h2-8,11-12,17H,9-10,13-15H2,1H3. The lowest BCUT2D eigenvalue weighted by atomic mass is 9.75. The summed E-state index contributed by atoms with van der Waals surface area (Å²) in [5.41, 5.74) is 3.65. The van der Waals surface area contributed by atoms with Crippen LogP contribution in [-0.4, -0.2) is 38.8 Å². The first kappa shape index (κ1) is 19.7. The van der Waals surface area contributed by atoms with Gasteiger partial charge >= 0.3 is 0 Å². The maximum absolute atomic E-state index is 13.2. The number of aromatic nitrogens is 3. The molecule has 2 aromatic heterocycles. The summed E-state index contributed by atoms with van der Waals surface area (Å²) in [4.78, 5) is 27.6. The van der Waals surface area contributed by atoms with Crippen LogP contribution >= 0.6 is 0 Å². The fourth-order valence-corrected chi connectivity index (χ4v) is 3.95. The molecular formula is C24H23N5O. The number of benzene rings is 1. The molecule has 0 unspecified atom stereocenters. The minimum absolute atomic E-state index is 0.0708. The maximum Gasteiger partial charge on any atom is 0.256 e. The molecule has 1 aliphatic heterocycles. The second-order valence-electron chi connectivity index (χ2n) is 7.84. The molecule has 0 radical (unpaired) electrons. The van der Waals surface area contributed by atoms with Gasteiger partial charge in [0.25, 0.3) is 5.91 Å². The van der Waals surface area contributed by atoms with E-state index in [9.17, 15) is 10.1 Å². The highest BCUT2D eigenvalue weighted by atomic mass is 16.2. The summed E-state index contributed by atoms with van der Waals surface area (Å²) in [5, 5.41) is 9.91. The number of rotatable bonds is 4. The van der Waals surface area contributed by atoms with Crippen molar-refractivity contribution in [3.8, 4) is 17.5 Å². The van der Waals surface area contributed by atoms with Gasteiger partial charge in [-0.1, -0.05) is 29.8 Å². The predicted octanol–water partition coefficient (Wildman–Crippen LogP) is 3.84. The lowest BCUT2D eigenvalue weighted by molar-refractivity contribution is 0.0647. The van der Waals surface area contributed by atoms with Crippen LogP contribution in [0, 0.1) is 23.7 Å². The van der Waals surface area contributed by atoms with Crippen LogP contribution in [0.4, 0.5) is 0 Å². The van der Waals surface area contributed by atoms with Gasteiger partial charge in [-0.15, -0.1) is 0 Å². The van der Waals surface area contributed by atoms with Crippen LogP contribution in [0.1, 0.15) is 34.3 Å². The van der Waals surface area contributed by atoms with Crippen LogP contribution in [0.25, 0.3) is 11.4 Å². The summed E-state index contributed by atoms with van der Waals surface area (Å²) in [6.45, 7) is 3.16. The Hall–Kier alpha value is -3.59. The molecule has 4 rings (SSSR count). The third kappa shape index (κ3) is 4.06. The zero-order valence-corrected chi connectivity index (χ0v) is 17.0. The van der Waals surface area contributed by atoms with E-state index in [1.54, 1.807) is 30.6 Å². The van der Waals surface area contributed by atoms with Gasteiger partial charge in [0.05, 0.1) is 22.7 Å². The second-order valence-corrected chi connectivity index (χ2v) is 7.84. The fourth-order valence-electron chi connectivity index (χ4n) is 3.95. The normalized spacial score (nSPS) is 15.4. The lowest BCUT2D eigenvalue weighted by Gasteiger charge is -2.37. The van der Waals surface area contributed by atoms with Crippen molar-refractivity contribution in [2.45, 2.75) is 26.2 Å². The molecular weight excluding hydrogens is 374 g/mol. The van der Waals surface area contributed by atoms with Gasteiger partial charge in [0.2, 0.25) is 0 Å². The number of nitrogens with zero attached hydrogens (tertiary/aromatic N) is 5. The van der Waals surface area contributed by atoms with Gasteiger partial charge in [-0.2, -0.15) is 5.26 Å². The zero-order chi connectivity index (χ0) is 21.0. The monoisotopic (exact) mass is 397 g/mol. The van der Waals surface area contributed by atoms with Gasteiger partial charge in [-0.25, -0.2) is 9.97 Å². The Bertz CT molecular complexity index is 1060. The fraction of sp³-hybridized carbons (Fsp3) is 0.292. The number of hydrogen-bond donors (Lipinski definition) is 0. The van der Waals surface area contributed by atoms with Gasteiger partial charge in [0.15, 0.2) is 0 Å². The minimum Gasteiger partial charge on any atom is -0.338 e. The van der Waals surface area contributed by atoms with Crippen molar-refractivity contribution in [2.24, 2.45) is 5.41 Å². The molecule has 0 saturated carbocycles. The molecule has 1 saturated heterocycles. The SMILES string of the molecule is Cc1ccc(CC2(C#N)CCN(C(=O)c3cccnc3-c3ccncn3)CC2)cc1. The first-order valence-corrected chi connectivity index (χ1v) is 10.1. The summed E-state index contributed by atoms with van der Waals surface area (Å²) >= 11 is 0. The number of carbonyl (C=O) groups excluding carboxylic acids is 1. The average molecular weight is 397 g/mol. The van der Waals surface area contributed by atoms with Crippen molar-refractivity contribution in [2.75, 3.05) is 13.1 Å². The lowest BCUT2D eigenvalue weighted by Crippen LogP contribution is -2.43. The van der Waals surface area contributed by atoms with Crippen molar-refractivity contribution in [3.05, 3.63) is 77.9 Å². The van der Waals surface area contributed by atoms with E-state index in [-0.39, 0.29) is 5.91 Å². The summed E-state index contributed by atoms with van der Waals surface area (Å²) in [7, 11) is 0. The number of hydrogen-bond acceptors (Lipinski definition) is 5. The largest absolute Gasteiger partial charge is 0.338 e. The molecule has 1 fully saturated rings. The van der Waals surface area contributed by atoms with Gasteiger partial charge in [0.1, 0.15) is 12.0 Å². The van der Waals surface area contributed by atoms with E-state index in [1.807, 2.05) is 4.90 Å². The third-order valence-corrected chi connectivity index (χ3v) is 5.77. The van der Waals surface area contributed by atoms with Gasteiger partial charge < -0.3 is 4.90 Å². The number of pyridine rings is 1. The van der Waals surface area contributed by atoms with E-state index >= 15 is 0 Å². The summed E-state index contributed by atoms with van der Waals surface area (Å²) in [6, 6.07) is 16.2. The van der Waals surface area contributed by atoms with E-state index < -0.39 is 5.41 Å². The molecule has 6 nitrogen and oxygen atoms in total. The predicted molar refractivity (Wildman–Crippen MR) is 113 cm³/mol. The van der Waals surface area contributed by atoms with Crippen molar-refractivity contribution < 1.29 is 4.79 Å². The smallest absolute Gasteiger partial charge is 0.256 e. The number of nitriles is 1. The maximum atomic E-state index is 13.2. The number of likely N-dealkylation sites (tertiary alicyclic amines) is 1. The van der Waals surface area contributed by atoms with Crippen molar-refractivity contribution in [3.63, 3.8) is 0 Å². The highest BCUT2D eigenvalue weighted by Crippen LogP contribution is 2.35. The Kier molecular flexibility index (Phi) is 5.53. The highest BCUT2D eigenvalue weighted by Gasteiger charge is 2.37. The van der Waals surface area contributed by atoms with Gasteiger partial charge in [-0.05, 0) is 49.9 Å². The molecule has 3 heterocycles. The van der Waals surface area contributed by atoms with Crippen LogP contribution in [-0.2, 0) is 6.42 Å². The van der Waals surface area contributed by atoms with Crippen molar-refractivity contribution >= 4 is 5.91 Å². The Morgan fingerprint density at radius 1 is 1.10 bits per heavy atom. The van der Waals surface area contributed by atoms with Crippen LogP contribution in [0.15, 0.2) is 61.2 Å². The Labute approximate surface area is 176 Å². The molecule has 150 valence electrons. The second kappa shape index (κ2) is 8.42. The van der Waals surface area contributed by atoms with Gasteiger partial charge in [-0.3, -0.25) is 9.78 Å². The highest BCUT2D eigenvalue weighted by molar-refractivity contribution is 5.99. The Morgan fingerprint density at radius 2 is 1.87 bits per heavy atom. The number of piperidine rings is 1. The molecule has 0 bridgehead atoms. The molecule has 1 aromatic carbocycles. The minimum atomic E-state index is -0.434. The number of aryl methyl sites for hydroxylation is 1. The van der Waals surface area contributed by atoms with Crippen LogP contribution in [0.5, 0.6) is 0 Å². The quantitative estimate of drug-likeness (QED) is 0.668. The Morgan fingerprint density at radius 3 is 2.53 bits per heavy atom. The molecule has 0 N–H and O–H groups in total. The Balaban J connectivity index is 1.50. The molecule has 3 aromatic rings. The first-order chi connectivity index (χ1) is 14.6. The molecule has 0 spiro atoms. The molecule has 0 aliphatic carbocycles. The van der Waals surface area contributed by atoms with Crippen molar-refractivity contribution in [1.29, 1.82) is 5.26 Å². The van der Waals surface area contributed by atoms with Crippen LogP contribution in [0.2, 0.25) is 0 Å². The van der Waals surface area contributed by atoms with E-state index in [2.05, 4.69) is 52.2 Å². The average Bonchev–Trinajstić information content (AvgIpc) is 2.81.